The van der Waals surface area contributed by atoms with E-state index in [0.717, 1.165) is 18.6 Å². The van der Waals surface area contributed by atoms with Gasteiger partial charge in [0, 0.05) is 17.9 Å². The first-order valence-electron chi connectivity index (χ1n) is 10.7. The summed E-state index contributed by atoms with van der Waals surface area (Å²) in [6.07, 6.45) is -0.706. The minimum absolute atomic E-state index is 0.109. The first kappa shape index (κ1) is 23.1. The lowest BCUT2D eigenvalue weighted by Crippen LogP contribution is -2.53. The zero-order valence-electron chi connectivity index (χ0n) is 18.0. The largest absolute Gasteiger partial charge is 0.416 e. The predicted molar refractivity (Wildman–Crippen MR) is 114 cm³/mol. The number of benzene rings is 1. The second kappa shape index (κ2) is 9.03. The summed E-state index contributed by atoms with van der Waals surface area (Å²) in [6.45, 7) is 1.40. The lowest BCUT2D eigenvalue weighted by atomic mass is 9.81. The van der Waals surface area contributed by atoms with Crippen LogP contribution in [0.25, 0.3) is 0 Å². The topological polar surface area (TPSA) is 109 Å². The summed E-state index contributed by atoms with van der Waals surface area (Å²) in [7, 11) is 2.05. The summed E-state index contributed by atoms with van der Waals surface area (Å²) in [6, 6.07) is 7.18. The maximum absolute atomic E-state index is 12.8. The van der Waals surface area contributed by atoms with Crippen LogP contribution in [0.4, 0.5) is 24.7 Å². The van der Waals surface area contributed by atoms with Gasteiger partial charge in [0.25, 0.3) is 5.91 Å². The molecule has 0 bridgehead atoms. The van der Waals surface area contributed by atoms with Crippen molar-refractivity contribution in [2.45, 2.75) is 43.6 Å². The van der Waals surface area contributed by atoms with Crippen molar-refractivity contribution in [3.8, 4) is 6.07 Å². The SMILES string of the molecule is CN(C1COC1)[C@H]1CC[C@@H](n2cc(C(N)=O)c(Nc3ccc(C(F)(F)F)cc3)n2)[C@H](C#N)C1. The third kappa shape index (κ3) is 4.82. The van der Waals surface area contributed by atoms with Gasteiger partial charge in [-0.15, -0.1) is 0 Å². The average Bonchev–Trinajstić information content (AvgIpc) is 3.15. The molecule has 11 heteroatoms. The van der Waals surface area contributed by atoms with E-state index in [1.807, 2.05) is 0 Å². The van der Waals surface area contributed by atoms with Crippen LogP contribution in [0, 0.1) is 17.2 Å². The highest BCUT2D eigenvalue weighted by Gasteiger charge is 2.38. The minimum Gasteiger partial charge on any atom is -0.378 e. The van der Waals surface area contributed by atoms with Gasteiger partial charge in [0.2, 0.25) is 0 Å². The molecule has 4 rings (SSSR count). The summed E-state index contributed by atoms with van der Waals surface area (Å²) in [5.74, 6) is -0.890. The van der Waals surface area contributed by atoms with Crippen molar-refractivity contribution < 1.29 is 22.7 Å². The molecule has 2 aliphatic rings. The highest BCUT2D eigenvalue weighted by Crippen LogP contribution is 2.37. The van der Waals surface area contributed by atoms with Crippen molar-refractivity contribution in [1.82, 2.24) is 14.7 Å². The molecule has 33 heavy (non-hydrogen) atoms. The Kier molecular flexibility index (Phi) is 6.32. The number of likely N-dealkylation sites (N-methyl/N-ethyl adjacent to an activating group) is 1. The maximum Gasteiger partial charge on any atom is 0.416 e. The van der Waals surface area contributed by atoms with Gasteiger partial charge in [-0.05, 0) is 50.6 Å². The number of rotatable bonds is 6. The van der Waals surface area contributed by atoms with Crippen molar-refractivity contribution in [3.63, 3.8) is 0 Å². The fraction of sp³-hybridized carbons (Fsp3) is 0.500. The van der Waals surface area contributed by atoms with Gasteiger partial charge in [0.05, 0.1) is 42.8 Å². The summed E-state index contributed by atoms with van der Waals surface area (Å²) >= 11 is 0. The van der Waals surface area contributed by atoms with Gasteiger partial charge in [0.1, 0.15) is 5.56 Å². The van der Waals surface area contributed by atoms with Crippen LogP contribution in [0.15, 0.2) is 30.5 Å². The van der Waals surface area contributed by atoms with Gasteiger partial charge in [-0.2, -0.15) is 23.5 Å². The first-order chi connectivity index (χ1) is 15.7. The zero-order chi connectivity index (χ0) is 23.8. The third-order valence-corrected chi connectivity index (χ3v) is 6.54. The molecule has 1 amide bonds. The van der Waals surface area contributed by atoms with Crippen LogP contribution in [0.2, 0.25) is 0 Å². The number of amides is 1. The van der Waals surface area contributed by atoms with Crippen molar-refractivity contribution in [2.75, 3.05) is 25.6 Å². The van der Waals surface area contributed by atoms with Crippen LogP contribution < -0.4 is 11.1 Å². The summed E-state index contributed by atoms with van der Waals surface area (Å²) in [5.41, 5.74) is 5.18. The number of nitriles is 1. The molecule has 1 aromatic carbocycles. The van der Waals surface area contributed by atoms with Gasteiger partial charge < -0.3 is 15.8 Å². The lowest BCUT2D eigenvalue weighted by Gasteiger charge is -2.43. The van der Waals surface area contributed by atoms with Gasteiger partial charge in [-0.3, -0.25) is 14.4 Å². The minimum atomic E-state index is -4.44. The summed E-state index contributed by atoms with van der Waals surface area (Å²) in [5, 5.41) is 17.1. The Morgan fingerprint density at radius 1 is 1.27 bits per heavy atom. The molecule has 176 valence electrons. The Bertz CT molecular complexity index is 1040. The van der Waals surface area contributed by atoms with E-state index in [1.165, 1.54) is 18.3 Å². The van der Waals surface area contributed by atoms with Crippen LogP contribution in [-0.2, 0) is 10.9 Å². The van der Waals surface area contributed by atoms with Crippen LogP contribution >= 0.6 is 0 Å². The molecule has 0 radical (unpaired) electrons. The normalized spacial score (nSPS) is 23.7. The third-order valence-electron chi connectivity index (χ3n) is 6.54. The fourth-order valence-electron chi connectivity index (χ4n) is 4.43. The Morgan fingerprint density at radius 2 is 1.97 bits per heavy atom. The van der Waals surface area contributed by atoms with E-state index < -0.39 is 17.6 Å². The van der Waals surface area contributed by atoms with Gasteiger partial charge >= 0.3 is 6.18 Å². The number of carbonyl (C=O) groups is 1. The van der Waals surface area contributed by atoms with E-state index in [0.29, 0.717) is 37.8 Å². The van der Waals surface area contributed by atoms with E-state index in [-0.39, 0.29) is 29.4 Å². The molecule has 2 heterocycles. The Labute approximate surface area is 189 Å². The van der Waals surface area contributed by atoms with Crippen molar-refractivity contribution in [3.05, 3.63) is 41.6 Å². The van der Waals surface area contributed by atoms with Crippen molar-refractivity contribution in [2.24, 2.45) is 11.7 Å². The number of nitrogens with two attached hydrogens (primary N) is 1. The van der Waals surface area contributed by atoms with Crippen LogP contribution in [-0.4, -0.2) is 52.9 Å². The molecule has 1 aliphatic carbocycles. The molecular formula is C22H25F3N6O2. The molecule has 1 aromatic heterocycles. The predicted octanol–water partition coefficient (Wildman–Crippen LogP) is 3.31. The molecule has 3 N–H and O–H groups in total. The number of alkyl halides is 3. The van der Waals surface area contributed by atoms with Crippen LogP contribution in [0.3, 0.4) is 0 Å². The lowest BCUT2D eigenvalue weighted by molar-refractivity contribution is -0.137. The molecule has 1 saturated carbocycles. The molecule has 1 aliphatic heterocycles. The van der Waals surface area contributed by atoms with E-state index in [4.69, 9.17) is 10.5 Å². The van der Waals surface area contributed by atoms with Crippen molar-refractivity contribution >= 4 is 17.4 Å². The molecular weight excluding hydrogens is 437 g/mol. The molecule has 0 unspecified atom stereocenters. The van der Waals surface area contributed by atoms with Gasteiger partial charge in [-0.1, -0.05) is 0 Å². The smallest absolute Gasteiger partial charge is 0.378 e. The number of nitrogens with zero attached hydrogens (tertiary/aromatic N) is 4. The number of hydrogen-bond acceptors (Lipinski definition) is 6. The molecule has 8 nitrogen and oxygen atoms in total. The van der Waals surface area contributed by atoms with Crippen LogP contribution in [0.1, 0.15) is 41.2 Å². The number of aromatic nitrogens is 2. The van der Waals surface area contributed by atoms with Gasteiger partial charge in [-0.25, -0.2) is 0 Å². The number of nitrogens with one attached hydrogen (secondary N) is 1. The number of primary amides is 1. The first-order valence-corrected chi connectivity index (χ1v) is 10.7. The van der Waals surface area contributed by atoms with E-state index in [2.05, 4.69) is 28.4 Å². The summed E-state index contributed by atoms with van der Waals surface area (Å²) < 4.78 is 45.3. The zero-order valence-corrected chi connectivity index (χ0v) is 18.0. The molecule has 1 saturated heterocycles. The molecule has 2 aromatic rings. The van der Waals surface area contributed by atoms with Crippen LogP contribution in [0.5, 0.6) is 0 Å². The molecule has 3 atom stereocenters. The van der Waals surface area contributed by atoms with Gasteiger partial charge in [0.15, 0.2) is 5.82 Å². The van der Waals surface area contributed by atoms with E-state index in [1.54, 1.807) is 4.68 Å². The standard InChI is InChI=1S/C22H25F3N6O2/c1-30(17-11-33-12-17)16-6-7-19(13(8-16)9-26)31-10-18(20(27)32)21(29-31)28-15-4-2-14(3-5-15)22(23,24)25/h2-5,10,13,16-17,19H,6-8,11-12H2,1H3,(H2,27,32)(H,28,29)/t13-,16-,19+/m0/s1. The Balaban J connectivity index is 1.52. The van der Waals surface area contributed by atoms with E-state index in [9.17, 15) is 23.2 Å². The number of carbonyl (C=O) groups excluding carboxylic acids is 1. The highest BCUT2D eigenvalue weighted by molar-refractivity contribution is 5.98. The number of hydrogen-bond donors (Lipinski definition) is 2. The summed E-state index contributed by atoms with van der Waals surface area (Å²) in [4.78, 5) is 14.3. The highest BCUT2D eigenvalue weighted by atomic mass is 19.4. The number of ether oxygens (including phenoxy) is 1. The molecule has 0 spiro atoms. The number of anilines is 2. The van der Waals surface area contributed by atoms with E-state index >= 15 is 0 Å². The maximum atomic E-state index is 12.8. The Morgan fingerprint density at radius 3 is 2.52 bits per heavy atom. The second-order valence-electron chi connectivity index (χ2n) is 8.56. The number of halogens is 3. The second-order valence-corrected chi connectivity index (χ2v) is 8.56. The fourth-order valence-corrected chi connectivity index (χ4v) is 4.43. The molecule has 2 fully saturated rings. The quantitative estimate of drug-likeness (QED) is 0.682. The monoisotopic (exact) mass is 462 g/mol. The average molecular weight is 462 g/mol. The van der Waals surface area contributed by atoms with Crippen molar-refractivity contribution in [1.29, 1.82) is 5.26 Å². The Hall–Kier alpha value is -3.10.